The van der Waals surface area contributed by atoms with Crippen molar-refractivity contribution in [3.63, 3.8) is 0 Å². The van der Waals surface area contributed by atoms with Crippen LogP contribution < -0.4 is 0 Å². The number of benzene rings is 1. The maximum absolute atomic E-state index is 5.45. The van der Waals surface area contributed by atoms with Crippen LogP contribution in [0.1, 0.15) is 16.7 Å². The number of aryl methyl sites for hydroxylation is 1. The van der Waals surface area contributed by atoms with Crippen LogP contribution in [0.15, 0.2) is 18.2 Å². The van der Waals surface area contributed by atoms with Crippen LogP contribution >= 0.6 is 0 Å². The highest BCUT2D eigenvalue weighted by Gasteiger charge is 2.37. The predicted octanol–water partition coefficient (Wildman–Crippen LogP) is 2.08. The molecule has 0 saturated carbocycles. The Bertz CT molecular complexity index is 340. The van der Waals surface area contributed by atoms with Gasteiger partial charge in [0, 0.05) is 27.1 Å². The van der Waals surface area contributed by atoms with Gasteiger partial charge in [-0.15, -0.1) is 0 Å². The molecule has 1 aliphatic rings. The first-order valence-corrected chi connectivity index (χ1v) is 4.88. The fraction of sp³-hybridized carbons (Fsp3) is 0.500. The van der Waals surface area contributed by atoms with E-state index in [0.29, 0.717) is 0 Å². The Morgan fingerprint density at radius 2 is 1.71 bits per heavy atom. The summed E-state index contributed by atoms with van der Waals surface area (Å²) in [6.07, 6.45) is 1.71. The molecular formula is C12H16O2. The van der Waals surface area contributed by atoms with Crippen LogP contribution in [0, 0.1) is 6.92 Å². The molecule has 0 N–H and O–H groups in total. The van der Waals surface area contributed by atoms with Gasteiger partial charge in [0.25, 0.3) is 0 Å². The molecule has 1 aromatic rings. The summed E-state index contributed by atoms with van der Waals surface area (Å²) in [6.45, 7) is 2.11. The van der Waals surface area contributed by atoms with Gasteiger partial charge in [-0.1, -0.05) is 23.8 Å². The van der Waals surface area contributed by atoms with Gasteiger partial charge in [0.15, 0.2) is 5.79 Å². The Morgan fingerprint density at radius 3 is 2.36 bits per heavy atom. The Labute approximate surface area is 84.8 Å². The third kappa shape index (κ3) is 1.45. The minimum atomic E-state index is -0.421. The van der Waals surface area contributed by atoms with Crippen molar-refractivity contribution in [3.8, 4) is 0 Å². The van der Waals surface area contributed by atoms with Crippen LogP contribution in [-0.2, 0) is 22.3 Å². The first-order chi connectivity index (χ1) is 6.69. The Hall–Kier alpha value is -0.860. The van der Waals surface area contributed by atoms with E-state index in [1.54, 1.807) is 14.2 Å². The lowest BCUT2D eigenvalue weighted by Crippen LogP contribution is -2.34. The highest BCUT2D eigenvalue weighted by atomic mass is 16.7. The third-order valence-corrected chi connectivity index (χ3v) is 3.03. The fourth-order valence-corrected chi connectivity index (χ4v) is 2.11. The molecule has 14 heavy (non-hydrogen) atoms. The summed E-state index contributed by atoms with van der Waals surface area (Å²) < 4.78 is 10.9. The van der Waals surface area contributed by atoms with Crippen LogP contribution in [0.3, 0.4) is 0 Å². The molecule has 1 aromatic carbocycles. The third-order valence-electron chi connectivity index (χ3n) is 3.03. The molecule has 0 radical (unpaired) electrons. The molecule has 76 valence electrons. The quantitative estimate of drug-likeness (QED) is 0.668. The maximum Gasteiger partial charge on any atom is 0.175 e. The van der Waals surface area contributed by atoms with Gasteiger partial charge in [0.1, 0.15) is 0 Å². The summed E-state index contributed by atoms with van der Waals surface area (Å²) in [4.78, 5) is 0. The average molecular weight is 192 g/mol. The summed E-state index contributed by atoms with van der Waals surface area (Å²) in [6, 6.07) is 6.53. The minimum absolute atomic E-state index is 0.421. The highest BCUT2D eigenvalue weighted by Crippen LogP contribution is 2.33. The van der Waals surface area contributed by atoms with Gasteiger partial charge in [0.2, 0.25) is 0 Å². The van der Waals surface area contributed by atoms with Crippen molar-refractivity contribution < 1.29 is 9.47 Å². The van der Waals surface area contributed by atoms with Crippen LogP contribution in [0.25, 0.3) is 0 Å². The normalized spacial score (nSPS) is 18.2. The zero-order chi connectivity index (χ0) is 10.2. The Morgan fingerprint density at radius 1 is 1.07 bits per heavy atom. The van der Waals surface area contributed by atoms with Crippen molar-refractivity contribution >= 4 is 0 Å². The number of fused-ring (bicyclic) bond motifs is 1. The van der Waals surface area contributed by atoms with E-state index in [-0.39, 0.29) is 0 Å². The summed E-state index contributed by atoms with van der Waals surface area (Å²) in [5.41, 5.74) is 4.00. The van der Waals surface area contributed by atoms with Gasteiger partial charge in [-0.2, -0.15) is 0 Å². The van der Waals surface area contributed by atoms with Crippen molar-refractivity contribution in [2.24, 2.45) is 0 Å². The second kappa shape index (κ2) is 3.37. The number of rotatable bonds is 2. The predicted molar refractivity (Wildman–Crippen MR) is 55.3 cm³/mol. The molecule has 0 saturated heterocycles. The summed E-state index contributed by atoms with van der Waals surface area (Å²) >= 11 is 0. The standard InChI is InChI=1S/C12H16O2/c1-9-4-5-10-7-12(13-2,14-3)8-11(10)6-9/h4-6H,7-8H2,1-3H3. The highest BCUT2D eigenvalue weighted by molar-refractivity contribution is 5.37. The van der Waals surface area contributed by atoms with Gasteiger partial charge in [-0.3, -0.25) is 0 Å². The molecule has 2 nitrogen and oxygen atoms in total. The lowest BCUT2D eigenvalue weighted by molar-refractivity contribution is -0.198. The van der Waals surface area contributed by atoms with E-state index in [1.165, 1.54) is 16.7 Å². The Balaban J connectivity index is 2.33. The number of ether oxygens (including phenoxy) is 2. The number of hydrogen-bond acceptors (Lipinski definition) is 2. The molecular weight excluding hydrogens is 176 g/mol. The Kier molecular flexibility index (Phi) is 2.33. The summed E-state index contributed by atoms with van der Waals surface area (Å²) in [5.74, 6) is -0.421. The fourth-order valence-electron chi connectivity index (χ4n) is 2.11. The van der Waals surface area contributed by atoms with Crippen LogP contribution in [-0.4, -0.2) is 20.0 Å². The second-order valence-electron chi connectivity index (χ2n) is 3.94. The average Bonchev–Trinajstić information content (AvgIpc) is 2.56. The number of methoxy groups -OCH3 is 2. The van der Waals surface area contributed by atoms with Gasteiger partial charge < -0.3 is 9.47 Å². The van der Waals surface area contributed by atoms with Crippen LogP contribution in [0.2, 0.25) is 0 Å². The molecule has 0 aromatic heterocycles. The molecule has 0 unspecified atom stereocenters. The molecule has 2 rings (SSSR count). The van der Waals surface area contributed by atoms with E-state index in [9.17, 15) is 0 Å². The molecule has 0 amide bonds. The maximum atomic E-state index is 5.45. The van der Waals surface area contributed by atoms with Gasteiger partial charge in [-0.25, -0.2) is 0 Å². The van der Waals surface area contributed by atoms with Crippen molar-refractivity contribution in [2.75, 3.05) is 14.2 Å². The smallest absolute Gasteiger partial charge is 0.175 e. The first-order valence-electron chi connectivity index (χ1n) is 4.88. The zero-order valence-corrected chi connectivity index (χ0v) is 8.96. The molecule has 1 aliphatic carbocycles. The molecule has 0 spiro atoms. The molecule has 0 heterocycles. The zero-order valence-electron chi connectivity index (χ0n) is 8.96. The summed E-state index contributed by atoms with van der Waals surface area (Å²) in [5, 5.41) is 0. The van der Waals surface area contributed by atoms with Crippen molar-refractivity contribution in [2.45, 2.75) is 25.6 Å². The molecule has 2 heteroatoms. The monoisotopic (exact) mass is 192 g/mol. The first kappa shape index (κ1) is 9.69. The molecule has 0 atom stereocenters. The molecule has 0 fully saturated rings. The van der Waals surface area contributed by atoms with Gasteiger partial charge in [0.05, 0.1) is 0 Å². The number of hydrogen-bond donors (Lipinski definition) is 0. The van der Waals surface area contributed by atoms with Gasteiger partial charge >= 0.3 is 0 Å². The van der Waals surface area contributed by atoms with E-state index < -0.39 is 5.79 Å². The minimum Gasteiger partial charge on any atom is -0.353 e. The van der Waals surface area contributed by atoms with E-state index in [0.717, 1.165) is 12.8 Å². The lowest BCUT2D eigenvalue weighted by atomic mass is 10.1. The van der Waals surface area contributed by atoms with Gasteiger partial charge in [-0.05, 0) is 18.1 Å². The lowest BCUT2D eigenvalue weighted by Gasteiger charge is -2.25. The van der Waals surface area contributed by atoms with Crippen molar-refractivity contribution in [3.05, 3.63) is 34.9 Å². The van der Waals surface area contributed by atoms with E-state index in [4.69, 9.17) is 9.47 Å². The second-order valence-corrected chi connectivity index (χ2v) is 3.94. The van der Waals surface area contributed by atoms with E-state index in [1.807, 2.05) is 0 Å². The van der Waals surface area contributed by atoms with Crippen molar-refractivity contribution in [1.29, 1.82) is 0 Å². The SMILES string of the molecule is COC1(OC)Cc2ccc(C)cc2C1. The molecule has 0 bridgehead atoms. The van der Waals surface area contributed by atoms with E-state index >= 15 is 0 Å². The largest absolute Gasteiger partial charge is 0.353 e. The summed E-state index contributed by atoms with van der Waals surface area (Å²) in [7, 11) is 3.42. The topological polar surface area (TPSA) is 18.5 Å². The van der Waals surface area contributed by atoms with Crippen LogP contribution in [0.4, 0.5) is 0 Å². The van der Waals surface area contributed by atoms with Crippen molar-refractivity contribution in [1.82, 2.24) is 0 Å². The van der Waals surface area contributed by atoms with Crippen LogP contribution in [0.5, 0.6) is 0 Å². The van der Waals surface area contributed by atoms with E-state index in [2.05, 4.69) is 25.1 Å². The molecule has 0 aliphatic heterocycles.